The number of nitrogens with zero attached hydrogens (tertiary/aromatic N) is 1. The van der Waals surface area contributed by atoms with Gasteiger partial charge in [-0.25, -0.2) is 0 Å². The molecule has 0 fully saturated rings. The van der Waals surface area contributed by atoms with Crippen LogP contribution in [0.15, 0.2) is 24.3 Å². The van der Waals surface area contributed by atoms with E-state index >= 15 is 0 Å². The van der Waals surface area contributed by atoms with Crippen molar-refractivity contribution in [3.8, 4) is 0 Å². The normalized spacial score (nSPS) is 18.1. The minimum Gasteiger partial charge on any atom is -0.371 e. The van der Waals surface area contributed by atoms with E-state index in [4.69, 9.17) is 0 Å². The lowest BCUT2D eigenvalue weighted by atomic mass is 9.96. The van der Waals surface area contributed by atoms with Crippen molar-refractivity contribution >= 4 is 5.69 Å². The summed E-state index contributed by atoms with van der Waals surface area (Å²) in [6, 6.07) is 9.50. The molecule has 0 bridgehead atoms. The summed E-state index contributed by atoms with van der Waals surface area (Å²) in [6.07, 6.45) is 8.06. The van der Waals surface area contributed by atoms with E-state index in [1.165, 1.54) is 62.9 Å². The van der Waals surface area contributed by atoms with Gasteiger partial charge in [-0.1, -0.05) is 57.7 Å². The van der Waals surface area contributed by atoms with Gasteiger partial charge in [0.1, 0.15) is 0 Å². The molecule has 1 heterocycles. The molecule has 0 saturated carbocycles. The third-order valence-corrected chi connectivity index (χ3v) is 4.32. The lowest BCUT2D eigenvalue weighted by Crippen LogP contribution is -2.36. The highest BCUT2D eigenvalue weighted by molar-refractivity contribution is 5.56. The SMILES string of the molecule is CCCCCCCN1CCC(NCC)c2ccccc21. The molecule has 0 spiro atoms. The average molecular weight is 274 g/mol. The van der Waals surface area contributed by atoms with E-state index < -0.39 is 0 Å². The number of benzene rings is 1. The van der Waals surface area contributed by atoms with Crippen molar-refractivity contribution in [2.45, 2.75) is 58.4 Å². The number of fused-ring (bicyclic) bond motifs is 1. The van der Waals surface area contributed by atoms with Crippen LogP contribution in [0.3, 0.4) is 0 Å². The molecule has 0 aliphatic carbocycles. The summed E-state index contributed by atoms with van der Waals surface area (Å²) in [6.45, 7) is 7.95. The topological polar surface area (TPSA) is 15.3 Å². The Morgan fingerprint density at radius 3 is 2.70 bits per heavy atom. The Morgan fingerprint density at radius 2 is 1.90 bits per heavy atom. The molecule has 1 aromatic carbocycles. The maximum Gasteiger partial charge on any atom is 0.0414 e. The number of nitrogens with one attached hydrogen (secondary N) is 1. The predicted molar refractivity (Wildman–Crippen MR) is 88.4 cm³/mol. The maximum atomic E-state index is 3.62. The van der Waals surface area contributed by atoms with E-state index in [0.29, 0.717) is 6.04 Å². The second-order valence-electron chi connectivity index (χ2n) is 5.86. The molecule has 0 aromatic heterocycles. The second kappa shape index (κ2) is 8.31. The predicted octanol–water partition coefficient (Wildman–Crippen LogP) is 4.52. The van der Waals surface area contributed by atoms with Gasteiger partial charge in [-0.2, -0.15) is 0 Å². The molecule has 1 atom stereocenters. The van der Waals surface area contributed by atoms with Gasteiger partial charge in [0.25, 0.3) is 0 Å². The molecule has 112 valence electrons. The summed E-state index contributed by atoms with van der Waals surface area (Å²) in [7, 11) is 0. The van der Waals surface area contributed by atoms with Gasteiger partial charge in [0.05, 0.1) is 0 Å². The fraction of sp³-hybridized carbons (Fsp3) is 0.667. The molecule has 1 N–H and O–H groups in total. The molecule has 0 amide bonds. The van der Waals surface area contributed by atoms with Crippen LogP contribution in [0.25, 0.3) is 0 Å². The number of rotatable bonds is 8. The lowest BCUT2D eigenvalue weighted by molar-refractivity contribution is 0.485. The number of unbranched alkanes of at least 4 members (excludes halogenated alkanes) is 4. The van der Waals surface area contributed by atoms with E-state index in [1.54, 1.807) is 0 Å². The van der Waals surface area contributed by atoms with Crippen molar-refractivity contribution in [3.63, 3.8) is 0 Å². The van der Waals surface area contributed by atoms with Crippen LogP contribution in [-0.4, -0.2) is 19.6 Å². The van der Waals surface area contributed by atoms with Gasteiger partial charge < -0.3 is 10.2 Å². The Kier molecular flexibility index (Phi) is 6.38. The second-order valence-corrected chi connectivity index (χ2v) is 5.86. The van der Waals surface area contributed by atoms with Gasteiger partial charge in [0.2, 0.25) is 0 Å². The van der Waals surface area contributed by atoms with Crippen molar-refractivity contribution in [3.05, 3.63) is 29.8 Å². The lowest BCUT2D eigenvalue weighted by Gasteiger charge is -2.36. The first-order valence-corrected chi connectivity index (χ1v) is 8.44. The van der Waals surface area contributed by atoms with Crippen LogP contribution in [0.1, 0.15) is 64.0 Å². The van der Waals surface area contributed by atoms with Gasteiger partial charge in [-0.05, 0) is 31.0 Å². The van der Waals surface area contributed by atoms with Crippen LogP contribution < -0.4 is 10.2 Å². The van der Waals surface area contributed by atoms with E-state index in [-0.39, 0.29) is 0 Å². The van der Waals surface area contributed by atoms with Gasteiger partial charge in [0.15, 0.2) is 0 Å². The number of anilines is 1. The van der Waals surface area contributed by atoms with Crippen molar-refractivity contribution in [2.75, 3.05) is 24.5 Å². The molecule has 1 aromatic rings. The van der Waals surface area contributed by atoms with Crippen molar-refractivity contribution in [1.29, 1.82) is 0 Å². The molecule has 1 unspecified atom stereocenters. The Hall–Kier alpha value is -1.02. The highest BCUT2D eigenvalue weighted by atomic mass is 15.1. The fourth-order valence-electron chi connectivity index (χ4n) is 3.23. The molecule has 0 saturated heterocycles. The average Bonchev–Trinajstić information content (AvgIpc) is 2.49. The van der Waals surface area contributed by atoms with Gasteiger partial charge in [0, 0.05) is 24.8 Å². The summed E-state index contributed by atoms with van der Waals surface area (Å²) < 4.78 is 0. The molecule has 1 aliphatic rings. The van der Waals surface area contributed by atoms with Crippen LogP contribution in [-0.2, 0) is 0 Å². The van der Waals surface area contributed by atoms with Crippen LogP contribution in [0.5, 0.6) is 0 Å². The minimum absolute atomic E-state index is 0.549. The van der Waals surface area contributed by atoms with Crippen LogP contribution >= 0.6 is 0 Å². The van der Waals surface area contributed by atoms with Crippen molar-refractivity contribution < 1.29 is 0 Å². The molecule has 2 rings (SSSR count). The van der Waals surface area contributed by atoms with Crippen molar-refractivity contribution in [2.24, 2.45) is 0 Å². The van der Waals surface area contributed by atoms with Crippen LogP contribution in [0.4, 0.5) is 5.69 Å². The third-order valence-electron chi connectivity index (χ3n) is 4.32. The number of hydrogen-bond donors (Lipinski definition) is 1. The quantitative estimate of drug-likeness (QED) is 0.701. The zero-order valence-corrected chi connectivity index (χ0v) is 13.2. The minimum atomic E-state index is 0.549. The van der Waals surface area contributed by atoms with Crippen molar-refractivity contribution in [1.82, 2.24) is 5.32 Å². The summed E-state index contributed by atoms with van der Waals surface area (Å²) in [5, 5.41) is 3.62. The third kappa shape index (κ3) is 3.99. The summed E-state index contributed by atoms with van der Waals surface area (Å²) >= 11 is 0. The molecule has 2 heteroatoms. The summed E-state index contributed by atoms with van der Waals surface area (Å²) in [4.78, 5) is 2.59. The van der Waals surface area contributed by atoms with E-state index in [9.17, 15) is 0 Å². The zero-order valence-electron chi connectivity index (χ0n) is 13.2. The maximum absolute atomic E-state index is 3.62. The van der Waals surface area contributed by atoms with Gasteiger partial charge in [-0.15, -0.1) is 0 Å². The Labute approximate surface area is 124 Å². The molecule has 2 nitrogen and oxygen atoms in total. The van der Waals surface area contributed by atoms with Crippen LogP contribution in [0, 0.1) is 0 Å². The van der Waals surface area contributed by atoms with Gasteiger partial charge >= 0.3 is 0 Å². The first-order chi connectivity index (χ1) is 9.86. The van der Waals surface area contributed by atoms with Gasteiger partial charge in [-0.3, -0.25) is 0 Å². The standard InChI is InChI=1S/C18H30N2/c1-3-5-6-7-10-14-20-15-13-17(19-4-2)16-11-8-9-12-18(16)20/h8-9,11-12,17,19H,3-7,10,13-15H2,1-2H3. The Balaban J connectivity index is 1.93. The summed E-state index contributed by atoms with van der Waals surface area (Å²) in [5.41, 5.74) is 2.95. The first-order valence-electron chi connectivity index (χ1n) is 8.44. The highest BCUT2D eigenvalue weighted by Gasteiger charge is 2.23. The largest absolute Gasteiger partial charge is 0.371 e. The van der Waals surface area contributed by atoms with E-state index in [1.807, 2.05) is 0 Å². The Bertz CT molecular complexity index is 389. The number of hydrogen-bond acceptors (Lipinski definition) is 2. The van der Waals surface area contributed by atoms with Crippen LogP contribution in [0.2, 0.25) is 0 Å². The highest BCUT2D eigenvalue weighted by Crippen LogP contribution is 2.33. The molecule has 0 radical (unpaired) electrons. The Morgan fingerprint density at radius 1 is 1.10 bits per heavy atom. The molecule has 1 aliphatic heterocycles. The monoisotopic (exact) mass is 274 g/mol. The zero-order chi connectivity index (χ0) is 14.2. The molecular formula is C18H30N2. The first kappa shape index (κ1) is 15.4. The molecule has 20 heavy (non-hydrogen) atoms. The smallest absolute Gasteiger partial charge is 0.0414 e. The van der Waals surface area contributed by atoms with E-state index in [2.05, 4.69) is 48.3 Å². The fourth-order valence-corrected chi connectivity index (χ4v) is 3.23. The summed E-state index contributed by atoms with van der Waals surface area (Å²) in [5.74, 6) is 0. The van der Waals surface area contributed by atoms with E-state index in [0.717, 1.165) is 6.54 Å². The number of para-hydroxylation sites is 1. The molecular weight excluding hydrogens is 244 g/mol.